The number of carbonyl (C=O) groups is 2. The summed E-state index contributed by atoms with van der Waals surface area (Å²) in [4.78, 5) is 25.1. The smallest absolute Gasteiger partial charge is 0.265 e. The zero-order chi connectivity index (χ0) is 23.3. The summed E-state index contributed by atoms with van der Waals surface area (Å²) in [5.41, 5.74) is 2.75. The van der Waals surface area contributed by atoms with Crippen molar-refractivity contribution in [3.8, 4) is 5.75 Å². The molecule has 0 aliphatic heterocycles. The van der Waals surface area contributed by atoms with Crippen LogP contribution in [0.4, 0.5) is 11.4 Å². The first kappa shape index (κ1) is 23.4. The first-order valence-corrected chi connectivity index (χ1v) is 10.7. The van der Waals surface area contributed by atoms with E-state index in [2.05, 4.69) is 31.4 Å². The third kappa shape index (κ3) is 6.34. The molecule has 0 saturated carbocycles. The van der Waals surface area contributed by atoms with Crippen LogP contribution in [-0.4, -0.2) is 17.9 Å². The number of amides is 2. The third-order valence-corrected chi connectivity index (χ3v) is 5.11. The van der Waals surface area contributed by atoms with E-state index in [1.54, 1.807) is 55.5 Å². The van der Waals surface area contributed by atoms with Crippen molar-refractivity contribution in [1.29, 1.82) is 0 Å². The zero-order valence-electron chi connectivity index (χ0n) is 18.6. The third-order valence-electron chi connectivity index (χ3n) is 4.88. The van der Waals surface area contributed by atoms with E-state index in [0.717, 1.165) is 0 Å². The van der Waals surface area contributed by atoms with Gasteiger partial charge in [-0.1, -0.05) is 56.6 Å². The van der Waals surface area contributed by atoms with Gasteiger partial charge < -0.3 is 15.4 Å². The lowest BCUT2D eigenvalue weighted by Gasteiger charge is -2.20. The van der Waals surface area contributed by atoms with Crippen molar-refractivity contribution in [2.75, 3.05) is 10.6 Å². The summed E-state index contributed by atoms with van der Waals surface area (Å²) in [5, 5.41) is 6.12. The largest absolute Gasteiger partial charge is 0.481 e. The van der Waals surface area contributed by atoms with Crippen molar-refractivity contribution in [2.24, 2.45) is 0 Å². The van der Waals surface area contributed by atoms with E-state index in [-0.39, 0.29) is 17.2 Å². The van der Waals surface area contributed by atoms with Crippen LogP contribution >= 0.6 is 11.6 Å². The van der Waals surface area contributed by atoms with Crippen molar-refractivity contribution in [3.05, 3.63) is 88.9 Å². The number of ether oxygens (including phenoxy) is 1. The summed E-state index contributed by atoms with van der Waals surface area (Å²) >= 11 is 5.96. The summed E-state index contributed by atoms with van der Waals surface area (Å²) in [6, 6.07) is 21.4. The molecule has 0 radical (unpaired) electrons. The Balaban J connectivity index is 1.61. The molecule has 3 aromatic carbocycles. The quantitative estimate of drug-likeness (QED) is 0.463. The van der Waals surface area contributed by atoms with Gasteiger partial charge in [-0.15, -0.1) is 0 Å². The van der Waals surface area contributed by atoms with Gasteiger partial charge in [-0.2, -0.15) is 0 Å². The number of hydrogen-bond donors (Lipinski definition) is 2. The minimum atomic E-state index is -0.709. The summed E-state index contributed by atoms with van der Waals surface area (Å²) in [5.74, 6) is 0.0131. The maximum Gasteiger partial charge on any atom is 0.265 e. The van der Waals surface area contributed by atoms with Crippen LogP contribution in [0.5, 0.6) is 5.75 Å². The van der Waals surface area contributed by atoms with Gasteiger partial charge in [-0.05, 0) is 66.4 Å². The van der Waals surface area contributed by atoms with Gasteiger partial charge in [0.15, 0.2) is 6.10 Å². The molecule has 0 aromatic heterocycles. The van der Waals surface area contributed by atoms with Crippen molar-refractivity contribution in [1.82, 2.24) is 0 Å². The van der Waals surface area contributed by atoms with Crippen LogP contribution < -0.4 is 15.4 Å². The molecule has 2 amide bonds. The van der Waals surface area contributed by atoms with E-state index in [1.165, 1.54) is 5.56 Å². The summed E-state index contributed by atoms with van der Waals surface area (Å²) in [6.07, 6.45) is -0.709. The highest BCUT2D eigenvalue weighted by Crippen LogP contribution is 2.25. The number of anilines is 2. The number of carbonyl (C=O) groups excluding carboxylic acids is 2. The summed E-state index contributed by atoms with van der Waals surface area (Å²) < 4.78 is 5.78. The number of benzene rings is 3. The number of halogens is 1. The van der Waals surface area contributed by atoms with Crippen molar-refractivity contribution < 1.29 is 14.3 Å². The Labute approximate surface area is 193 Å². The van der Waals surface area contributed by atoms with E-state index in [4.69, 9.17) is 16.3 Å². The van der Waals surface area contributed by atoms with Gasteiger partial charge in [0.1, 0.15) is 5.75 Å². The second-order valence-corrected chi connectivity index (χ2v) is 9.01. The van der Waals surface area contributed by atoms with E-state index in [0.29, 0.717) is 27.7 Å². The molecule has 0 heterocycles. The summed E-state index contributed by atoms with van der Waals surface area (Å²) in [7, 11) is 0. The highest BCUT2D eigenvalue weighted by atomic mass is 35.5. The standard InChI is InChI=1S/C26H27ClN2O3/c1-17(32-23-13-11-19(12-14-23)26(2,3)4)24(30)28-21-9-5-7-18(15-21)25(31)29-22-10-6-8-20(27)16-22/h5-17H,1-4H3,(H,28,30)(H,29,31). The number of nitrogens with one attached hydrogen (secondary N) is 2. The fourth-order valence-electron chi connectivity index (χ4n) is 3.04. The second-order valence-electron chi connectivity index (χ2n) is 8.57. The Kier molecular flexibility index (Phi) is 7.21. The van der Waals surface area contributed by atoms with Gasteiger partial charge in [0.2, 0.25) is 0 Å². The molecule has 166 valence electrons. The van der Waals surface area contributed by atoms with Gasteiger partial charge in [0.05, 0.1) is 0 Å². The molecule has 0 saturated heterocycles. The molecule has 2 N–H and O–H groups in total. The average Bonchev–Trinajstić information content (AvgIpc) is 2.73. The SMILES string of the molecule is CC(Oc1ccc(C(C)(C)C)cc1)C(=O)Nc1cccc(C(=O)Nc2cccc(Cl)c2)c1. The molecule has 0 bridgehead atoms. The Morgan fingerprint density at radius 1 is 0.875 bits per heavy atom. The first-order chi connectivity index (χ1) is 15.1. The molecule has 0 aliphatic carbocycles. The van der Waals surface area contributed by atoms with Crippen molar-refractivity contribution in [3.63, 3.8) is 0 Å². The molecule has 0 fully saturated rings. The topological polar surface area (TPSA) is 67.4 Å². The monoisotopic (exact) mass is 450 g/mol. The molecule has 3 rings (SSSR count). The van der Waals surface area contributed by atoms with Crippen LogP contribution in [0.25, 0.3) is 0 Å². The van der Waals surface area contributed by atoms with E-state index < -0.39 is 6.10 Å². The predicted molar refractivity (Wildman–Crippen MR) is 130 cm³/mol. The van der Waals surface area contributed by atoms with Crippen LogP contribution in [0.2, 0.25) is 5.02 Å². The molecule has 32 heavy (non-hydrogen) atoms. The lowest BCUT2D eigenvalue weighted by molar-refractivity contribution is -0.122. The maximum atomic E-state index is 12.6. The van der Waals surface area contributed by atoms with E-state index >= 15 is 0 Å². The second kappa shape index (κ2) is 9.88. The predicted octanol–water partition coefficient (Wildman–Crippen LogP) is 6.30. The molecular formula is C26H27ClN2O3. The highest BCUT2D eigenvalue weighted by Gasteiger charge is 2.17. The normalized spacial score (nSPS) is 12.0. The Morgan fingerprint density at radius 2 is 1.50 bits per heavy atom. The van der Waals surface area contributed by atoms with Gasteiger partial charge >= 0.3 is 0 Å². The Hall–Kier alpha value is -3.31. The molecule has 0 spiro atoms. The van der Waals surface area contributed by atoms with Gasteiger partial charge in [-0.25, -0.2) is 0 Å². The molecule has 1 unspecified atom stereocenters. The minimum absolute atomic E-state index is 0.0472. The zero-order valence-corrected chi connectivity index (χ0v) is 19.4. The van der Waals surface area contributed by atoms with Crippen LogP contribution in [0.3, 0.4) is 0 Å². The highest BCUT2D eigenvalue weighted by molar-refractivity contribution is 6.31. The van der Waals surface area contributed by atoms with Gasteiger partial charge in [-0.3, -0.25) is 9.59 Å². The molecule has 3 aromatic rings. The lowest BCUT2D eigenvalue weighted by atomic mass is 9.87. The molecule has 1 atom stereocenters. The average molecular weight is 451 g/mol. The van der Waals surface area contributed by atoms with Crippen molar-refractivity contribution >= 4 is 34.8 Å². The molecular weight excluding hydrogens is 424 g/mol. The molecule has 0 aliphatic rings. The summed E-state index contributed by atoms with van der Waals surface area (Å²) in [6.45, 7) is 8.11. The van der Waals surface area contributed by atoms with Crippen LogP contribution in [0.1, 0.15) is 43.6 Å². The molecule has 6 heteroatoms. The fraction of sp³-hybridized carbons (Fsp3) is 0.231. The lowest BCUT2D eigenvalue weighted by Crippen LogP contribution is -2.30. The Morgan fingerprint density at radius 3 is 2.12 bits per heavy atom. The van der Waals surface area contributed by atoms with Gasteiger partial charge in [0, 0.05) is 22.0 Å². The van der Waals surface area contributed by atoms with E-state index in [9.17, 15) is 9.59 Å². The van der Waals surface area contributed by atoms with Gasteiger partial charge in [0.25, 0.3) is 11.8 Å². The fourth-order valence-corrected chi connectivity index (χ4v) is 3.23. The van der Waals surface area contributed by atoms with Crippen LogP contribution in [0.15, 0.2) is 72.8 Å². The minimum Gasteiger partial charge on any atom is -0.481 e. The molecule has 5 nitrogen and oxygen atoms in total. The van der Waals surface area contributed by atoms with Crippen molar-refractivity contribution in [2.45, 2.75) is 39.2 Å². The Bertz CT molecular complexity index is 1100. The van der Waals surface area contributed by atoms with Crippen LogP contribution in [0, 0.1) is 0 Å². The number of rotatable bonds is 6. The van der Waals surface area contributed by atoms with E-state index in [1.807, 2.05) is 24.3 Å². The maximum absolute atomic E-state index is 12.6. The first-order valence-electron chi connectivity index (χ1n) is 10.4. The van der Waals surface area contributed by atoms with Crippen LogP contribution in [-0.2, 0) is 10.2 Å². The number of hydrogen-bond acceptors (Lipinski definition) is 3.